The topological polar surface area (TPSA) is 255 Å². The van der Waals surface area contributed by atoms with E-state index in [2.05, 4.69) is 69.5 Å². The first-order valence-corrected chi connectivity index (χ1v) is 37.0. The largest absolute Gasteiger partial charge is 0.476 e. The number of pyridine rings is 1. The lowest BCUT2D eigenvalue weighted by Crippen LogP contribution is -2.64. The highest BCUT2D eigenvalue weighted by Gasteiger charge is 2.66. The van der Waals surface area contributed by atoms with Gasteiger partial charge in [0.05, 0.1) is 56.8 Å². The van der Waals surface area contributed by atoms with Gasteiger partial charge in [0.2, 0.25) is 17.7 Å². The molecule has 2 aliphatic heterocycles. The number of hydrogen-bond donors (Lipinski definition) is 5. The number of amides is 3. The maximum absolute atomic E-state index is 14.2. The number of anilines is 4. The minimum Gasteiger partial charge on any atom is -0.476 e. The summed E-state index contributed by atoms with van der Waals surface area (Å²) in [6, 6.07) is 17.7. The number of aromatic nitrogens is 7. The van der Waals surface area contributed by atoms with Crippen LogP contribution in [0.5, 0.6) is 0 Å². The van der Waals surface area contributed by atoms with Gasteiger partial charge in [-0.3, -0.25) is 19.1 Å². The molecule has 0 radical (unpaired) electrons. The zero-order valence-electron chi connectivity index (χ0n) is 58.8. The van der Waals surface area contributed by atoms with Gasteiger partial charge in [0.1, 0.15) is 24.5 Å². The summed E-state index contributed by atoms with van der Waals surface area (Å²) in [5, 5.41) is 45.9. The van der Waals surface area contributed by atoms with Gasteiger partial charge in [-0.05, 0) is 163 Å². The number of hydrogen-bond acceptors (Lipinski definition) is 18. The molecule has 4 saturated carbocycles. The Hall–Kier alpha value is -7.28. The zero-order valence-corrected chi connectivity index (χ0v) is 60.5. The summed E-state index contributed by atoms with van der Waals surface area (Å²) in [4.78, 5) is 75.2. The van der Waals surface area contributed by atoms with Crippen LogP contribution in [0.2, 0.25) is 0 Å². The van der Waals surface area contributed by atoms with Crippen molar-refractivity contribution >= 4 is 79.2 Å². The molecule has 2 unspecified atom stereocenters. The molecule has 23 heteroatoms. The van der Waals surface area contributed by atoms with Crippen LogP contribution >= 0.6 is 22.7 Å². The molecule has 4 aliphatic carbocycles. The smallest absolute Gasteiger partial charge is 0.355 e. The number of nitrogens with one attached hydrogen (secondary N) is 3. The van der Waals surface area contributed by atoms with E-state index in [1.54, 1.807) is 22.7 Å². The van der Waals surface area contributed by atoms with Gasteiger partial charge in [-0.15, -0.1) is 21.5 Å². The van der Waals surface area contributed by atoms with Crippen LogP contribution in [0.25, 0.3) is 31.8 Å². The van der Waals surface area contributed by atoms with Gasteiger partial charge in [0.25, 0.3) is 0 Å². The molecule has 21 nitrogen and oxygen atoms in total. The van der Waals surface area contributed by atoms with Crippen LogP contribution in [0, 0.1) is 42.4 Å². The van der Waals surface area contributed by atoms with Crippen LogP contribution < -0.4 is 20.9 Å². The quantitative estimate of drug-likeness (QED) is 0.0273. The SMILES string of the molecule is Cc1ncsc1-c1ccc([C@H](C)NC(=O)[C@@H]2C[C@@H](O)CN2C(=O)[C@@H](NC(=O)COCCCCCCCCCN(C)CCOC23CC4(C)CC(C)(CC(Cn5ncc(-c6ccc(N7CCCc8c7nnc(Nc7nc9ccccc9s7)c8C)nc6C(=O)O)c5C)(C4)C2)C3)C(C)(C)C)cc1. The number of β-amino-alcohol motifs (C(OH)–C–C–N with tert-alkyl or cyclic N) is 1. The van der Waals surface area contributed by atoms with Crippen LogP contribution in [0.1, 0.15) is 182 Å². The van der Waals surface area contributed by atoms with Gasteiger partial charge in [0.15, 0.2) is 22.5 Å². The van der Waals surface area contributed by atoms with Crippen molar-refractivity contribution in [1.82, 2.24) is 55.4 Å². The highest BCUT2D eigenvalue weighted by atomic mass is 32.1. The van der Waals surface area contributed by atoms with E-state index >= 15 is 0 Å². The van der Waals surface area contributed by atoms with E-state index in [4.69, 9.17) is 29.6 Å². The van der Waals surface area contributed by atoms with Gasteiger partial charge in [-0.2, -0.15) is 5.10 Å². The Balaban J connectivity index is 0.558. The molecule has 2 aromatic carbocycles. The average Bonchev–Trinajstić information content (AvgIpc) is 1.000. The molecule has 6 aliphatic rings. The number of likely N-dealkylation sites (N-methyl/N-ethyl adjacent to an activating group) is 1. The minimum absolute atomic E-state index is 0.00300. The van der Waals surface area contributed by atoms with Gasteiger partial charge in [0, 0.05) is 67.2 Å². The fraction of sp³-hybridized carbons (Fsp3) is 0.573. The van der Waals surface area contributed by atoms with Crippen molar-refractivity contribution in [3.05, 3.63) is 106 Å². The van der Waals surface area contributed by atoms with Gasteiger partial charge < -0.3 is 50.3 Å². The number of benzene rings is 2. The van der Waals surface area contributed by atoms with E-state index in [0.29, 0.717) is 42.8 Å². The number of thiazole rings is 2. The molecular weight excluding hydrogens is 1280 g/mol. The fourth-order valence-corrected chi connectivity index (χ4v) is 19.3. The predicted octanol–water partition coefficient (Wildman–Crippen LogP) is 13.1. The molecule has 4 bridgehead atoms. The molecule has 0 spiro atoms. The number of aryl methyl sites for hydroxylation is 1. The zero-order chi connectivity index (χ0) is 69.3. The first-order chi connectivity index (χ1) is 46.8. The molecule has 524 valence electrons. The Kier molecular flexibility index (Phi) is 21.0. The van der Waals surface area contributed by atoms with Crippen molar-refractivity contribution in [3.63, 3.8) is 0 Å². The first-order valence-electron chi connectivity index (χ1n) is 35.3. The van der Waals surface area contributed by atoms with Crippen molar-refractivity contribution in [2.45, 2.75) is 201 Å². The second kappa shape index (κ2) is 29.1. The summed E-state index contributed by atoms with van der Waals surface area (Å²) < 4.78 is 16.2. The number of carbonyl (C=O) groups is 4. The molecule has 13 rings (SSSR count). The number of aliphatic hydroxyl groups is 1. The second-order valence-corrected chi connectivity index (χ2v) is 32.8. The maximum Gasteiger partial charge on any atom is 0.355 e. The van der Waals surface area contributed by atoms with E-state index in [9.17, 15) is 29.4 Å². The predicted molar refractivity (Wildman–Crippen MR) is 384 cm³/mol. The number of rotatable bonds is 29. The summed E-state index contributed by atoms with van der Waals surface area (Å²) in [5.41, 5.74) is 9.42. The third-order valence-electron chi connectivity index (χ3n) is 21.3. The number of fused-ring (bicyclic) bond motifs is 2. The molecule has 7 heterocycles. The lowest BCUT2D eigenvalue weighted by molar-refractivity contribution is -0.248. The number of nitrogens with zero attached hydrogens (tertiary/aromatic N) is 10. The second-order valence-electron chi connectivity index (χ2n) is 30.9. The summed E-state index contributed by atoms with van der Waals surface area (Å²) in [7, 11) is 2.21. The van der Waals surface area contributed by atoms with Crippen LogP contribution in [-0.2, 0) is 36.8 Å². The van der Waals surface area contributed by atoms with E-state index < -0.39 is 41.4 Å². The number of carboxylic acid groups (broad SMARTS) is 1. The minimum atomic E-state index is -1.09. The number of carboxylic acids is 1. The molecule has 6 atom stereocenters. The van der Waals surface area contributed by atoms with Crippen LogP contribution in [0.3, 0.4) is 0 Å². The van der Waals surface area contributed by atoms with Gasteiger partial charge in [-0.25, -0.2) is 19.7 Å². The van der Waals surface area contributed by atoms with Crippen LogP contribution in [0.15, 0.2) is 72.4 Å². The first kappa shape index (κ1) is 70.6. The Labute approximate surface area is 584 Å². The lowest BCUT2D eigenvalue weighted by atomic mass is 9.39. The molecule has 5 aromatic heterocycles. The van der Waals surface area contributed by atoms with Crippen molar-refractivity contribution in [2.75, 3.05) is 63.3 Å². The van der Waals surface area contributed by atoms with E-state index in [1.807, 2.05) is 113 Å². The molecule has 5 fully saturated rings. The number of aliphatic hydroxyl groups excluding tert-OH is 1. The number of ether oxygens (including phenoxy) is 2. The number of carbonyl (C=O) groups excluding carboxylic acids is 3. The lowest BCUT2D eigenvalue weighted by Gasteiger charge is -2.69. The highest BCUT2D eigenvalue weighted by Crippen LogP contribution is 2.72. The van der Waals surface area contributed by atoms with Crippen LogP contribution in [-0.4, -0.2) is 155 Å². The summed E-state index contributed by atoms with van der Waals surface area (Å²) in [5.74, 6) is -0.376. The van der Waals surface area contributed by atoms with E-state index in [0.717, 1.165) is 169 Å². The maximum atomic E-state index is 14.2. The molecule has 5 N–H and O–H groups in total. The number of para-hydroxylation sites is 1. The Morgan fingerprint density at radius 2 is 1.57 bits per heavy atom. The fourth-order valence-electron chi connectivity index (χ4n) is 17.6. The van der Waals surface area contributed by atoms with Crippen LogP contribution in [0.4, 0.5) is 22.6 Å². The highest BCUT2D eigenvalue weighted by molar-refractivity contribution is 7.22. The Morgan fingerprint density at radius 3 is 2.29 bits per heavy atom. The molecule has 98 heavy (non-hydrogen) atoms. The molecule has 7 aromatic rings. The van der Waals surface area contributed by atoms with Crippen molar-refractivity contribution < 1.29 is 38.9 Å². The third kappa shape index (κ3) is 15.7. The third-order valence-corrected chi connectivity index (χ3v) is 23.2. The number of unbranched alkanes of at least 4 members (excludes halogenated alkanes) is 6. The number of aromatic carboxylic acids is 1. The molecular formula is C75H99N13O8S2. The average molecular weight is 1370 g/mol. The summed E-state index contributed by atoms with van der Waals surface area (Å²) in [6.07, 6.45) is 16.8. The standard InChI is InChI=1S/C75H99N13O8S2/c1-47-54-21-20-31-86(66(54)84-83-65(47)82-70-79-57-22-16-17-23-59(57)98-70)60-29-28-55(62(80-60)69(93)94)56-36-77-88(50(56)4)45-74-40-72(8)39-73(9,41-74)43-75(42-72,44-74)96-34-32-85(10)30-18-14-12-11-13-15-19-33-95-38-61(90)81-64(71(5,6)7)68(92)87-37-53(89)35-58(87)67(91)78-48(2)51-24-26-52(27-25-51)63-49(3)76-46-97-63/h16-17,22-29,36,46,48,53,58,64,89H,11-15,18-21,30-35,37-45H2,1-10H3,(H,78,91)(H,81,90)(H,93,94)(H,79,82,83)/t48-,53+,58-,64+,72?,73?,74?,75?/m0/s1. The monoisotopic (exact) mass is 1370 g/mol. The molecule has 1 saturated heterocycles. The Bertz CT molecular complexity index is 3980. The van der Waals surface area contributed by atoms with Crippen molar-refractivity contribution in [3.8, 4) is 21.6 Å². The van der Waals surface area contributed by atoms with Gasteiger partial charge in [-0.1, -0.05) is 114 Å². The van der Waals surface area contributed by atoms with E-state index in [1.165, 1.54) is 11.3 Å². The normalized spacial score (nSPS) is 23.3. The molecule has 3 amide bonds. The Morgan fingerprint density at radius 1 is 0.837 bits per heavy atom. The summed E-state index contributed by atoms with van der Waals surface area (Å²) >= 11 is 3.15. The van der Waals surface area contributed by atoms with Crippen molar-refractivity contribution in [2.24, 2.45) is 21.7 Å². The number of likely N-dealkylation sites (tertiary alicyclic amines) is 1. The van der Waals surface area contributed by atoms with E-state index in [-0.39, 0.29) is 59.1 Å². The van der Waals surface area contributed by atoms with Gasteiger partial charge >= 0.3 is 5.97 Å². The summed E-state index contributed by atoms with van der Waals surface area (Å²) in [6.45, 7) is 22.8. The van der Waals surface area contributed by atoms with Crippen molar-refractivity contribution in [1.29, 1.82) is 0 Å².